The molecule has 0 saturated heterocycles. The van der Waals surface area contributed by atoms with Crippen molar-refractivity contribution in [3.8, 4) is 5.75 Å². The number of hydrogen-bond acceptors (Lipinski definition) is 6. The molecule has 2 N–H and O–H groups in total. The van der Waals surface area contributed by atoms with Crippen molar-refractivity contribution in [3.05, 3.63) is 70.6 Å². The van der Waals surface area contributed by atoms with Crippen molar-refractivity contribution in [1.82, 2.24) is 4.83 Å². The number of hydrogen-bond donors (Lipinski definition) is 2. The molecule has 0 aliphatic carbocycles. The molecule has 0 radical (unpaired) electrons. The zero-order chi connectivity index (χ0) is 17.2. The van der Waals surface area contributed by atoms with Crippen LogP contribution in [0.2, 0.25) is 0 Å². The average Bonchev–Trinajstić information content (AvgIpc) is 2.57. The summed E-state index contributed by atoms with van der Waals surface area (Å²) in [5.74, 6) is -0.195. The second-order valence-corrected chi connectivity index (χ2v) is 6.50. The van der Waals surface area contributed by atoms with Crippen molar-refractivity contribution in [1.29, 1.82) is 0 Å². The second-order valence-electron chi connectivity index (χ2n) is 4.84. The molecule has 8 heteroatoms. The highest BCUT2D eigenvalue weighted by Crippen LogP contribution is 2.24. The lowest BCUT2D eigenvalue weighted by Crippen LogP contribution is -2.18. The van der Waals surface area contributed by atoms with E-state index in [1.807, 2.05) is 4.83 Å². The van der Waals surface area contributed by atoms with Gasteiger partial charge < -0.3 is 9.52 Å². The van der Waals surface area contributed by atoms with Gasteiger partial charge in [0.15, 0.2) is 5.58 Å². The van der Waals surface area contributed by atoms with Crippen molar-refractivity contribution in [2.45, 2.75) is 4.90 Å². The molecule has 0 amide bonds. The molecule has 0 bridgehead atoms. The van der Waals surface area contributed by atoms with E-state index in [4.69, 9.17) is 4.42 Å². The van der Waals surface area contributed by atoms with Crippen molar-refractivity contribution >= 4 is 27.2 Å². The molecule has 24 heavy (non-hydrogen) atoms. The second kappa shape index (κ2) is 6.17. The summed E-state index contributed by atoms with van der Waals surface area (Å²) in [7, 11) is -3.83. The van der Waals surface area contributed by atoms with E-state index in [0.29, 0.717) is 5.39 Å². The highest BCUT2D eigenvalue weighted by Gasteiger charge is 2.12. The third kappa shape index (κ3) is 3.13. The van der Waals surface area contributed by atoms with Gasteiger partial charge in [0.2, 0.25) is 0 Å². The van der Waals surface area contributed by atoms with E-state index in [2.05, 4.69) is 5.10 Å². The molecule has 0 fully saturated rings. The Labute approximate surface area is 136 Å². The first-order chi connectivity index (χ1) is 11.5. The summed E-state index contributed by atoms with van der Waals surface area (Å²) in [6.45, 7) is 0. The molecule has 3 rings (SSSR count). The van der Waals surface area contributed by atoms with E-state index in [0.717, 1.165) is 6.21 Å². The Morgan fingerprint density at radius 2 is 1.75 bits per heavy atom. The molecule has 3 aromatic rings. The van der Waals surface area contributed by atoms with E-state index in [1.165, 1.54) is 30.3 Å². The van der Waals surface area contributed by atoms with Crippen LogP contribution in [0.15, 0.2) is 73.8 Å². The van der Waals surface area contributed by atoms with Gasteiger partial charge in [-0.05, 0) is 30.3 Å². The minimum absolute atomic E-state index is 0.0517. The maximum absolute atomic E-state index is 12.1. The molecule has 122 valence electrons. The quantitative estimate of drug-likeness (QED) is 0.426. The molecule has 0 atom stereocenters. The number of hydrazone groups is 1. The lowest BCUT2D eigenvalue weighted by atomic mass is 10.1. The van der Waals surface area contributed by atoms with Crippen LogP contribution in [0.3, 0.4) is 0 Å². The monoisotopic (exact) mass is 344 g/mol. The summed E-state index contributed by atoms with van der Waals surface area (Å²) in [6, 6.07) is 13.5. The Kier molecular flexibility index (Phi) is 4.05. The van der Waals surface area contributed by atoms with Crippen molar-refractivity contribution < 1.29 is 17.9 Å². The Morgan fingerprint density at radius 1 is 1.04 bits per heavy atom. The van der Waals surface area contributed by atoms with Gasteiger partial charge >= 0.3 is 5.63 Å². The number of sulfonamides is 1. The predicted octanol–water partition coefficient (Wildman–Crippen LogP) is 1.81. The summed E-state index contributed by atoms with van der Waals surface area (Å²) in [4.78, 5) is 13.5. The fourth-order valence-corrected chi connectivity index (χ4v) is 2.89. The van der Waals surface area contributed by atoms with Crippen LogP contribution in [0.1, 0.15) is 5.56 Å². The molecule has 2 aromatic carbocycles. The van der Waals surface area contributed by atoms with Gasteiger partial charge in [-0.2, -0.15) is 13.5 Å². The predicted molar refractivity (Wildman–Crippen MR) is 88.5 cm³/mol. The van der Waals surface area contributed by atoms with Crippen molar-refractivity contribution in [2.24, 2.45) is 5.10 Å². The smallest absolute Gasteiger partial charge is 0.336 e. The normalized spacial score (nSPS) is 11.8. The standard InChI is InChI=1S/C16H12N2O5S/c19-14-8-6-11-7-9-15(20)23-16(11)13(14)10-17-18-24(21,22)12-4-2-1-3-5-12/h1-10,18-19H/b17-10+. The molecular weight excluding hydrogens is 332 g/mol. The number of nitrogens with one attached hydrogen (secondary N) is 1. The highest BCUT2D eigenvalue weighted by molar-refractivity contribution is 7.89. The molecule has 0 spiro atoms. The molecule has 0 unspecified atom stereocenters. The van der Waals surface area contributed by atoms with Crippen LogP contribution in [0.25, 0.3) is 11.0 Å². The van der Waals surface area contributed by atoms with Gasteiger partial charge in [0.1, 0.15) is 5.75 Å². The fraction of sp³-hybridized carbons (Fsp3) is 0. The largest absolute Gasteiger partial charge is 0.507 e. The number of phenolic OH excluding ortho intramolecular Hbond substituents is 1. The Morgan fingerprint density at radius 3 is 2.50 bits per heavy atom. The van der Waals surface area contributed by atoms with Gasteiger partial charge in [-0.25, -0.2) is 9.63 Å². The first-order valence-corrected chi connectivity index (χ1v) is 8.31. The van der Waals surface area contributed by atoms with Gasteiger partial charge in [0.05, 0.1) is 16.7 Å². The first-order valence-electron chi connectivity index (χ1n) is 6.83. The number of fused-ring (bicyclic) bond motifs is 1. The van der Waals surface area contributed by atoms with Crippen LogP contribution in [-0.4, -0.2) is 19.7 Å². The van der Waals surface area contributed by atoms with E-state index in [9.17, 15) is 18.3 Å². The molecule has 0 aliphatic rings. The van der Waals surface area contributed by atoms with Gasteiger partial charge in [0, 0.05) is 11.5 Å². The van der Waals surface area contributed by atoms with Crippen LogP contribution in [0, 0.1) is 0 Å². The lowest BCUT2D eigenvalue weighted by Gasteiger charge is -2.04. The number of rotatable bonds is 4. The van der Waals surface area contributed by atoms with E-state index in [-0.39, 0.29) is 21.8 Å². The third-order valence-corrected chi connectivity index (χ3v) is 4.46. The van der Waals surface area contributed by atoms with Crippen LogP contribution in [-0.2, 0) is 10.0 Å². The lowest BCUT2D eigenvalue weighted by molar-refractivity contribution is 0.472. The molecule has 1 heterocycles. The molecule has 1 aromatic heterocycles. The number of benzene rings is 2. The van der Waals surface area contributed by atoms with E-state index in [1.54, 1.807) is 24.3 Å². The summed E-state index contributed by atoms with van der Waals surface area (Å²) in [5.41, 5.74) is -0.376. The summed E-state index contributed by atoms with van der Waals surface area (Å²) in [5, 5.41) is 14.1. The SMILES string of the molecule is O=c1ccc2ccc(O)c(/C=N/NS(=O)(=O)c3ccccc3)c2o1. The van der Waals surface area contributed by atoms with Crippen LogP contribution >= 0.6 is 0 Å². The van der Waals surface area contributed by atoms with Crippen molar-refractivity contribution in [3.63, 3.8) is 0 Å². The Bertz CT molecular complexity index is 1070. The number of phenols is 1. The minimum Gasteiger partial charge on any atom is -0.507 e. The van der Waals surface area contributed by atoms with E-state index < -0.39 is 15.6 Å². The topological polar surface area (TPSA) is 109 Å². The highest BCUT2D eigenvalue weighted by atomic mass is 32.2. The van der Waals surface area contributed by atoms with E-state index >= 15 is 0 Å². The molecule has 0 aliphatic heterocycles. The van der Waals surface area contributed by atoms with Gasteiger partial charge in [-0.3, -0.25) is 0 Å². The van der Waals surface area contributed by atoms with Gasteiger partial charge in [0.25, 0.3) is 10.0 Å². The van der Waals surface area contributed by atoms with Gasteiger partial charge in [-0.1, -0.05) is 18.2 Å². The fourth-order valence-electron chi connectivity index (χ4n) is 2.08. The first kappa shape index (κ1) is 15.8. The minimum atomic E-state index is -3.83. The van der Waals surface area contributed by atoms with Gasteiger partial charge in [-0.15, -0.1) is 0 Å². The van der Waals surface area contributed by atoms with Crippen LogP contribution in [0.4, 0.5) is 0 Å². The average molecular weight is 344 g/mol. The van der Waals surface area contributed by atoms with Crippen LogP contribution in [0.5, 0.6) is 5.75 Å². The Hall–Kier alpha value is -3.13. The molecule has 0 saturated carbocycles. The maximum atomic E-state index is 12.1. The van der Waals surface area contributed by atoms with Crippen molar-refractivity contribution in [2.75, 3.05) is 0 Å². The zero-order valence-electron chi connectivity index (χ0n) is 12.2. The molecular formula is C16H12N2O5S. The Balaban J connectivity index is 1.95. The maximum Gasteiger partial charge on any atom is 0.336 e. The number of aromatic hydroxyl groups is 1. The third-order valence-electron chi connectivity index (χ3n) is 3.23. The number of nitrogens with zero attached hydrogens (tertiary/aromatic N) is 1. The summed E-state index contributed by atoms with van der Waals surface area (Å²) >= 11 is 0. The zero-order valence-corrected chi connectivity index (χ0v) is 13.0. The molecule has 7 nitrogen and oxygen atoms in total. The summed E-state index contributed by atoms with van der Waals surface area (Å²) < 4.78 is 29.2. The summed E-state index contributed by atoms with van der Waals surface area (Å²) in [6.07, 6.45) is 1.08. The van der Waals surface area contributed by atoms with Crippen LogP contribution < -0.4 is 10.5 Å².